The summed E-state index contributed by atoms with van der Waals surface area (Å²) < 4.78 is 4.80. The Hall–Kier alpha value is -1.55. The lowest BCUT2D eigenvalue weighted by atomic mass is 10.2. The van der Waals surface area contributed by atoms with Crippen LogP contribution < -0.4 is 5.32 Å². The number of rotatable bonds is 4. The predicted molar refractivity (Wildman–Crippen MR) is 48.9 cm³/mol. The molecule has 4 nitrogen and oxygen atoms in total. The summed E-state index contributed by atoms with van der Waals surface area (Å²) in [7, 11) is 1.58. The molecule has 0 amide bonds. The Labute approximate surface area is 76.1 Å². The van der Waals surface area contributed by atoms with Crippen LogP contribution in [0.1, 0.15) is 10.4 Å². The second kappa shape index (κ2) is 4.47. The first-order valence-electron chi connectivity index (χ1n) is 3.80. The molecule has 0 saturated heterocycles. The highest BCUT2D eigenvalue weighted by Gasteiger charge is 2.00. The molecule has 2 N–H and O–H groups in total. The number of aromatic carboxylic acids is 1. The molecule has 13 heavy (non-hydrogen) atoms. The molecular weight excluding hydrogens is 170 g/mol. The van der Waals surface area contributed by atoms with Crippen LogP contribution in [-0.4, -0.2) is 24.9 Å². The van der Waals surface area contributed by atoms with Crippen LogP contribution in [0, 0.1) is 0 Å². The highest BCUT2D eigenvalue weighted by molar-refractivity contribution is 5.87. The summed E-state index contributed by atoms with van der Waals surface area (Å²) in [5, 5.41) is 11.6. The lowest BCUT2D eigenvalue weighted by Crippen LogP contribution is -2.03. The van der Waals surface area contributed by atoms with Crippen LogP contribution in [0.2, 0.25) is 0 Å². The number of benzene rings is 1. The van der Waals surface area contributed by atoms with Crippen molar-refractivity contribution >= 4 is 11.7 Å². The van der Waals surface area contributed by atoms with Gasteiger partial charge in [0.05, 0.1) is 5.56 Å². The van der Waals surface area contributed by atoms with Crippen LogP contribution >= 0.6 is 0 Å². The van der Waals surface area contributed by atoms with Crippen molar-refractivity contribution in [1.29, 1.82) is 0 Å². The number of carbonyl (C=O) groups is 1. The number of hydrogen-bond acceptors (Lipinski definition) is 3. The van der Waals surface area contributed by atoms with E-state index in [1.165, 1.54) is 0 Å². The van der Waals surface area contributed by atoms with E-state index in [9.17, 15) is 4.79 Å². The molecule has 0 aliphatic rings. The molecule has 4 heteroatoms. The van der Waals surface area contributed by atoms with Gasteiger partial charge in [-0.25, -0.2) is 4.79 Å². The van der Waals surface area contributed by atoms with Crippen LogP contribution in [0.5, 0.6) is 0 Å². The first kappa shape index (κ1) is 9.54. The molecule has 1 aromatic carbocycles. The SMILES string of the molecule is COCNc1ccc(C(=O)O)cc1. The number of methoxy groups -OCH3 is 1. The Balaban J connectivity index is 2.64. The first-order chi connectivity index (χ1) is 6.24. The van der Waals surface area contributed by atoms with E-state index in [1.54, 1.807) is 31.4 Å². The summed E-state index contributed by atoms with van der Waals surface area (Å²) in [6, 6.07) is 6.48. The highest BCUT2D eigenvalue weighted by Crippen LogP contribution is 2.08. The molecular formula is C9H11NO3. The van der Waals surface area contributed by atoms with E-state index in [-0.39, 0.29) is 5.56 Å². The fourth-order valence-corrected chi connectivity index (χ4v) is 0.886. The monoisotopic (exact) mass is 181 g/mol. The van der Waals surface area contributed by atoms with E-state index < -0.39 is 5.97 Å². The van der Waals surface area contributed by atoms with Crippen molar-refractivity contribution in [2.24, 2.45) is 0 Å². The minimum Gasteiger partial charge on any atom is -0.478 e. The lowest BCUT2D eigenvalue weighted by Gasteiger charge is -2.04. The standard InChI is InChI=1S/C9H11NO3/c1-13-6-10-8-4-2-7(3-5-8)9(11)12/h2-5,10H,6H2,1H3,(H,11,12). The Morgan fingerprint density at radius 1 is 1.46 bits per heavy atom. The van der Waals surface area contributed by atoms with Gasteiger partial charge in [-0.2, -0.15) is 0 Å². The minimum atomic E-state index is -0.918. The lowest BCUT2D eigenvalue weighted by molar-refractivity contribution is 0.0697. The van der Waals surface area contributed by atoms with Crippen LogP contribution in [0.25, 0.3) is 0 Å². The van der Waals surface area contributed by atoms with Crippen molar-refractivity contribution in [3.63, 3.8) is 0 Å². The molecule has 0 atom stereocenters. The maximum absolute atomic E-state index is 10.5. The van der Waals surface area contributed by atoms with Gasteiger partial charge in [0.1, 0.15) is 6.73 Å². The zero-order chi connectivity index (χ0) is 9.68. The maximum Gasteiger partial charge on any atom is 0.335 e. The maximum atomic E-state index is 10.5. The predicted octanol–water partition coefficient (Wildman–Crippen LogP) is 1.40. The summed E-state index contributed by atoms with van der Waals surface area (Å²) in [5.74, 6) is -0.918. The van der Waals surface area contributed by atoms with Gasteiger partial charge in [-0.3, -0.25) is 0 Å². The quantitative estimate of drug-likeness (QED) is 0.689. The zero-order valence-corrected chi connectivity index (χ0v) is 7.28. The third kappa shape index (κ3) is 2.76. The van der Waals surface area contributed by atoms with Gasteiger partial charge in [-0.15, -0.1) is 0 Å². The average Bonchev–Trinajstić information content (AvgIpc) is 2.15. The fraction of sp³-hybridized carbons (Fsp3) is 0.222. The van der Waals surface area contributed by atoms with Crippen LogP contribution in [0.3, 0.4) is 0 Å². The third-order valence-corrected chi connectivity index (χ3v) is 1.55. The van der Waals surface area contributed by atoms with Crippen LogP contribution in [0.4, 0.5) is 5.69 Å². The van der Waals surface area contributed by atoms with Gasteiger partial charge in [-0.05, 0) is 24.3 Å². The van der Waals surface area contributed by atoms with E-state index in [0.29, 0.717) is 6.73 Å². The summed E-state index contributed by atoms with van der Waals surface area (Å²) in [6.07, 6.45) is 0. The topological polar surface area (TPSA) is 58.6 Å². The minimum absolute atomic E-state index is 0.281. The third-order valence-electron chi connectivity index (χ3n) is 1.55. The molecule has 70 valence electrons. The summed E-state index contributed by atoms with van der Waals surface area (Å²) in [4.78, 5) is 10.5. The molecule has 0 fully saturated rings. The number of carboxylic acids is 1. The Bertz CT molecular complexity index is 281. The number of hydrogen-bond donors (Lipinski definition) is 2. The smallest absolute Gasteiger partial charge is 0.335 e. The van der Waals surface area contributed by atoms with Crippen LogP contribution in [0.15, 0.2) is 24.3 Å². The molecule has 0 saturated carbocycles. The van der Waals surface area contributed by atoms with Crippen molar-refractivity contribution < 1.29 is 14.6 Å². The summed E-state index contributed by atoms with van der Waals surface area (Å²) in [5.41, 5.74) is 1.12. The fourth-order valence-electron chi connectivity index (χ4n) is 0.886. The zero-order valence-electron chi connectivity index (χ0n) is 7.28. The van der Waals surface area contributed by atoms with Crippen molar-refractivity contribution in [2.75, 3.05) is 19.2 Å². The number of ether oxygens (including phenoxy) is 1. The van der Waals surface area contributed by atoms with E-state index in [1.807, 2.05) is 0 Å². The Morgan fingerprint density at radius 2 is 2.08 bits per heavy atom. The van der Waals surface area contributed by atoms with Gasteiger partial charge in [0.25, 0.3) is 0 Å². The highest BCUT2D eigenvalue weighted by atomic mass is 16.5. The molecule has 1 rings (SSSR count). The van der Waals surface area contributed by atoms with Crippen molar-refractivity contribution in [3.8, 4) is 0 Å². The molecule has 0 aliphatic heterocycles. The second-order valence-corrected chi connectivity index (χ2v) is 2.49. The van der Waals surface area contributed by atoms with Gasteiger partial charge in [-0.1, -0.05) is 0 Å². The molecule has 0 unspecified atom stereocenters. The van der Waals surface area contributed by atoms with E-state index in [2.05, 4.69) is 5.32 Å². The average molecular weight is 181 g/mol. The van der Waals surface area contributed by atoms with E-state index in [4.69, 9.17) is 9.84 Å². The number of anilines is 1. The first-order valence-corrected chi connectivity index (χ1v) is 3.80. The van der Waals surface area contributed by atoms with Gasteiger partial charge in [0.15, 0.2) is 0 Å². The van der Waals surface area contributed by atoms with Crippen LogP contribution in [-0.2, 0) is 4.74 Å². The number of carboxylic acid groups (broad SMARTS) is 1. The van der Waals surface area contributed by atoms with Crippen molar-refractivity contribution in [3.05, 3.63) is 29.8 Å². The molecule has 0 aliphatic carbocycles. The second-order valence-electron chi connectivity index (χ2n) is 2.49. The largest absolute Gasteiger partial charge is 0.478 e. The molecule has 0 spiro atoms. The molecule has 0 radical (unpaired) electrons. The van der Waals surface area contributed by atoms with Gasteiger partial charge in [0.2, 0.25) is 0 Å². The van der Waals surface area contributed by atoms with E-state index in [0.717, 1.165) is 5.69 Å². The molecule has 0 bridgehead atoms. The molecule has 0 heterocycles. The summed E-state index contributed by atoms with van der Waals surface area (Å²) in [6.45, 7) is 0.409. The van der Waals surface area contributed by atoms with E-state index >= 15 is 0 Å². The Kier molecular flexibility index (Phi) is 3.28. The Morgan fingerprint density at radius 3 is 2.54 bits per heavy atom. The normalized spacial score (nSPS) is 9.62. The molecule has 1 aromatic rings. The van der Waals surface area contributed by atoms with Gasteiger partial charge < -0.3 is 15.2 Å². The summed E-state index contributed by atoms with van der Waals surface area (Å²) >= 11 is 0. The molecule has 0 aromatic heterocycles. The van der Waals surface area contributed by atoms with Gasteiger partial charge >= 0.3 is 5.97 Å². The van der Waals surface area contributed by atoms with Crippen molar-refractivity contribution in [2.45, 2.75) is 0 Å². The number of nitrogens with one attached hydrogen (secondary N) is 1. The van der Waals surface area contributed by atoms with Gasteiger partial charge in [0, 0.05) is 12.8 Å². The van der Waals surface area contributed by atoms with Crippen molar-refractivity contribution in [1.82, 2.24) is 0 Å².